The first-order chi connectivity index (χ1) is 16.3. The third-order valence-electron chi connectivity index (χ3n) is 8.91. The maximum absolute atomic E-state index is 13.6. The third kappa shape index (κ3) is 2.59. The fraction of sp³-hybridized carbons (Fsp3) is 0.357. The summed E-state index contributed by atoms with van der Waals surface area (Å²) in [5, 5.41) is 11.3. The Hall–Kier alpha value is -3.41. The molecule has 2 heterocycles. The molecule has 0 atom stereocenters. The fourth-order valence-corrected chi connectivity index (χ4v) is 6.95. The number of fused-ring (bicyclic) bond motifs is 2. The Labute approximate surface area is 195 Å². The van der Waals surface area contributed by atoms with Crippen molar-refractivity contribution in [3.05, 3.63) is 71.9 Å². The minimum atomic E-state index is -0.674. The summed E-state index contributed by atoms with van der Waals surface area (Å²) in [6, 6.07) is 14.2. The first-order valence-corrected chi connectivity index (χ1v) is 11.8. The highest BCUT2D eigenvalue weighted by Crippen LogP contribution is 2.85. The molecule has 4 saturated carbocycles. The molecule has 4 fully saturated rings. The van der Waals surface area contributed by atoms with Crippen molar-refractivity contribution in [1.82, 2.24) is 4.57 Å². The number of nitrogens with zero attached hydrogens (tertiary/aromatic N) is 1. The zero-order valence-corrected chi connectivity index (χ0v) is 18.6. The molecule has 4 aliphatic carbocycles. The van der Waals surface area contributed by atoms with Gasteiger partial charge in [-0.2, -0.15) is 0 Å². The van der Waals surface area contributed by atoms with E-state index in [0.29, 0.717) is 29.9 Å². The summed E-state index contributed by atoms with van der Waals surface area (Å²) in [5.74, 6) is -0.178. The van der Waals surface area contributed by atoms with E-state index in [2.05, 4.69) is 0 Å². The number of carbonyl (C=O) groups is 2. The van der Waals surface area contributed by atoms with E-state index >= 15 is 0 Å². The molecule has 0 aliphatic heterocycles. The normalized spacial score (nSPS) is 26.3. The summed E-state index contributed by atoms with van der Waals surface area (Å²) in [4.78, 5) is 25.2. The van der Waals surface area contributed by atoms with Crippen LogP contribution in [0.25, 0.3) is 21.9 Å². The van der Waals surface area contributed by atoms with Crippen molar-refractivity contribution >= 4 is 33.6 Å². The van der Waals surface area contributed by atoms with Crippen molar-refractivity contribution in [2.45, 2.75) is 45.1 Å². The molecule has 0 spiro atoms. The number of Topliss-reactive ketones (excluding diaryl/α,β-unsaturated/α-hetero) is 1. The maximum atomic E-state index is 13.6. The van der Waals surface area contributed by atoms with Gasteiger partial charge < -0.3 is 14.1 Å². The quantitative estimate of drug-likeness (QED) is 0.336. The van der Waals surface area contributed by atoms with Crippen LogP contribution in [-0.2, 0) is 11.3 Å². The number of hydrogen-bond donors (Lipinski definition) is 1. The monoisotopic (exact) mass is 457 g/mol. The van der Waals surface area contributed by atoms with Gasteiger partial charge in [0.25, 0.3) is 0 Å². The van der Waals surface area contributed by atoms with Crippen molar-refractivity contribution in [1.29, 1.82) is 0 Å². The van der Waals surface area contributed by atoms with E-state index < -0.39 is 11.4 Å². The second kappa shape index (κ2) is 6.38. The predicted octanol–water partition coefficient (Wildman–Crippen LogP) is 6.18. The first-order valence-electron chi connectivity index (χ1n) is 11.8. The van der Waals surface area contributed by atoms with Crippen molar-refractivity contribution in [3.8, 4) is 0 Å². The van der Waals surface area contributed by atoms with Crippen LogP contribution >= 0.6 is 0 Å². The number of furan rings is 1. The van der Waals surface area contributed by atoms with Gasteiger partial charge in [-0.1, -0.05) is 12.1 Å². The minimum absolute atomic E-state index is 0.0241. The van der Waals surface area contributed by atoms with Crippen LogP contribution in [0.5, 0.6) is 0 Å². The number of hydrogen-bond acceptors (Lipinski definition) is 3. The van der Waals surface area contributed by atoms with Gasteiger partial charge in [-0.3, -0.25) is 9.59 Å². The molecule has 0 radical (unpaired) electrons. The van der Waals surface area contributed by atoms with E-state index in [0.717, 1.165) is 48.4 Å². The number of carboxylic acid groups (broad SMARTS) is 1. The molecule has 4 aliphatic rings. The molecular weight excluding hydrogens is 433 g/mol. The van der Waals surface area contributed by atoms with E-state index in [4.69, 9.17) is 4.42 Å². The summed E-state index contributed by atoms with van der Waals surface area (Å²) in [7, 11) is 0. The van der Waals surface area contributed by atoms with Crippen LogP contribution in [0.4, 0.5) is 4.39 Å². The molecule has 4 aromatic rings. The number of carboxylic acids is 1. The van der Waals surface area contributed by atoms with Crippen LogP contribution in [0.2, 0.25) is 0 Å². The molecule has 8 rings (SSSR count). The van der Waals surface area contributed by atoms with Crippen LogP contribution in [0.1, 0.15) is 54.6 Å². The Kier molecular flexibility index (Phi) is 3.75. The Morgan fingerprint density at radius 3 is 2.56 bits per heavy atom. The van der Waals surface area contributed by atoms with Gasteiger partial charge in [-0.25, -0.2) is 4.39 Å². The SMILES string of the molecule is O=C(CC1(C23CC(C(=O)O)(C2)C3)CC1)c1cccc2ccn(Cc3cc4ccc(F)cc4o3)c12. The molecule has 2 aromatic carbocycles. The van der Waals surface area contributed by atoms with Crippen molar-refractivity contribution < 1.29 is 23.5 Å². The molecule has 2 bridgehead atoms. The highest BCUT2D eigenvalue weighted by Gasteiger charge is 2.80. The lowest BCUT2D eigenvalue weighted by molar-refractivity contribution is -0.248. The molecule has 5 nitrogen and oxygen atoms in total. The van der Waals surface area contributed by atoms with E-state index in [1.807, 2.05) is 41.1 Å². The van der Waals surface area contributed by atoms with E-state index in [-0.39, 0.29) is 22.4 Å². The summed E-state index contributed by atoms with van der Waals surface area (Å²) < 4.78 is 21.5. The van der Waals surface area contributed by atoms with Crippen LogP contribution in [0, 0.1) is 22.1 Å². The Morgan fingerprint density at radius 2 is 1.82 bits per heavy atom. The molecule has 1 N–H and O–H groups in total. The van der Waals surface area contributed by atoms with Gasteiger partial charge in [0.15, 0.2) is 5.78 Å². The predicted molar refractivity (Wildman–Crippen MR) is 124 cm³/mol. The highest BCUT2D eigenvalue weighted by molar-refractivity contribution is 6.07. The lowest BCUT2D eigenvalue weighted by atomic mass is 9.30. The van der Waals surface area contributed by atoms with Gasteiger partial charge in [0.2, 0.25) is 0 Å². The standard InChI is InChI=1S/C28H24FNO4/c29-19-5-4-18-10-20(34-23(18)11-19)13-30-9-6-17-2-1-3-21(24(17)30)22(31)12-27(7-8-27)28-14-26(15-28,16-28)25(32)33/h1-6,9-11H,7-8,12-16H2,(H,32,33). The van der Waals surface area contributed by atoms with Gasteiger partial charge >= 0.3 is 5.97 Å². The first kappa shape index (κ1) is 20.0. The molecule has 2 aromatic heterocycles. The van der Waals surface area contributed by atoms with E-state index in [9.17, 15) is 19.1 Å². The molecule has 172 valence electrons. The Balaban J connectivity index is 1.18. The lowest BCUT2D eigenvalue weighted by Crippen LogP contribution is -2.69. The van der Waals surface area contributed by atoms with Crippen LogP contribution in [-0.4, -0.2) is 21.4 Å². The molecule has 0 unspecified atom stereocenters. The summed E-state index contributed by atoms with van der Waals surface area (Å²) in [6.45, 7) is 0.445. The van der Waals surface area contributed by atoms with Gasteiger partial charge in [-0.05, 0) is 73.3 Å². The van der Waals surface area contributed by atoms with Gasteiger partial charge in [0.1, 0.15) is 17.2 Å². The topological polar surface area (TPSA) is 72.4 Å². The number of aliphatic carboxylic acids is 1. The lowest BCUT2D eigenvalue weighted by Gasteiger charge is -2.72. The third-order valence-corrected chi connectivity index (χ3v) is 8.91. The van der Waals surface area contributed by atoms with Crippen molar-refractivity contribution in [2.75, 3.05) is 0 Å². The number of benzene rings is 2. The zero-order valence-electron chi connectivity index (χ0n) is 18.6. The smallest absolute Gasteiger partial charge is 0.309 e. The zero-order chi connectivity index (χ0) is 23.3. The van der Waals surface area contributed by atoms with Gasteiger partial charge in [-0.15, -0.1) is 0 Å². The van der Waals surface area contributed by atoms with Gasteiger partial charge in [0, 0.05) is 35.0 Å². The Bertz CT molecular complexity index is 1500. The van der Waals surface area contributed by atoms with Crippen molar-refractivity contribution in [3.63, 3.8) is 0 Å². The van der Waals surface area contributed by atoms with Crippen LogP contribution in [0.3, 0.4) is 0 Å². The maximum Gasteiger partial charge on any atom is 0.309 e. The minimum Gasteiger partial charge on any atom is -0.481 e. The van der Waals surface area contributed by atoms with E-state index in [1.54, 1.807) is 6.07 Å². The summed E-state index contributed by atoms with van der Waals surface area (Å²) in [6.07, 6.45) is 6.67. The van der Waals surface area contributed by atoms with E-state index in [1.165, 1.54) is 12.1 Å². The highest BCUT2D eigenvalue weighted by atomic mass is 19.1. The number of para-hydroxylation sites is 1. The number of ketones is 1. The summed E-state index contributed by atoms with van der Waals surface area (Å²) in [5.41, 5.74) is 1.62. The Morgan fingerprint density at radius 1 is 1.03 bits per heavy atom. The largest absolute Gasteiger partial charge is 0.481 e. The summed E-state index contributed by atoms with van der Waals surface area (Å²) >= 11 is 0. The average Bonchev–Trinajstić information content (AvgIpc) is 3.21. The number of halogens is 1. The van der Waals surface area contributed by atoms with Crippen LogP contribution < -0.4 is 0 Å². The second-order valence-electron chi connectivity index (χ2n) is 10.9. The fourth-order valence-electron chi connectivity index (χ4n) is 6.95. The molecular formula is C28H24FNO4. The van der Waals surface area contributed by atoms with Crippen LogP contribution in [0.15, 0.2) is 59.1 Å². The molecule has 0 amide bonds. The number of carbonyl (C=O) groups excluding carboxylic acids is 1. The number of aromatic nitrogens is 1. The molecule has 6 heteroatoms. The van der Waals surface area contributed by atoms with Gasteiger partial charge in [0.05, 0.1) is 17.5 Å². The average molecular weight is 458 g/mol. The van der Waals surface area contributed by atoms with Crippen molar-refractivity contribution in [2.24, 2.45) is 16.2 Å². The molecule has 34 heavy (non-hydrogen) atoms. The second-order valence-corrected chi connectivity index (χ2v) is 10.9. The number of rotatable bonds is 7. The molecule has 0 saturated heterocycles.